The molecule has 1 unspecified atom stereocenters. The fourth-order valence-corrected chi connectivity index (χ4v) is 3.22. The van der Waals surface area contributed by atoms with Crippen LogP contribution in [-0.2, 0) is 0 Å². The molecule has 0 aliphatic heterocycles. The van der Waals surface area contributed by atoms with Crippen molar-refractivity contribution >= 4 is 40.3 Å². The largest absolute Gasteiger partial charge is 0.342 e. The van der Waals surface area contributed by atoms with Crippen molar-refractivity contribution in [2.45, 2.75) is 12.5 Å². The number of nitrogens with zero attached hydrogens (tertiary/aromatic N) is 1. The molecule has 2 N–H and O–H groups in total. The minimum absolute atomic E-state index is 0.186. The molecule has 1 amide bonds. The van der Waals surface area contributed by atoms with Crippen LogP contribution in [0.3, 0.4) is 0 Å². The van der Waals surface area contributed by atoms with E-state index in [9.17, 15) is 4.79 Å². The number of fused-ring (bicyclic) bond motifs is 1. The van der Waals surface area contributed by atoms with Crippen LogP contribution in [0.4, 0.5) is 0 Å². The van der Waals surface area contributed by atoms with Crippen LogP contribution in [0.5, 0.6) is 0 Å². The maximum atomic E-state index is 12.6. The summed E-state index contributed by atoms with van der Waals surface area (Å²) in [5, 5.41) is 3.50. The summed E-state index contributed by atoms with van der Waals surface area (Å²) in [7, 11) is 0. The number of carbonyl (C=O) groups excluding carboxylic acids is 1. The second-order valence-electron chi connectivity index (χ2n) is 5.43. The predicted octanol–water partition coefficient (Wildman–Crippen LogP) is 4.44. The Balaban J connectivity index is 1.86. The van der Waals surface area contributed by atoms with Gasteiger partial charge in [-0.1, -0.05) is 35.9 Å². The van der Waals surface area contributed by atoms with E-state index in [2.05, 4.69) is 15.3 Å². The number of hydrogen-bond donors (Lipinski definition) is 2. The van der Waals surface area contributed by atoms with Gasteiger partial charge in [-0.05, 0) is 42.7 Å². The topological polar surface area (TPSA) is 57.8 Å². The maximum Gasteiger partial charge on any atom is 0.253 e. The Morgan fingerprint density at radius 2 is 2.00 bits per heavy atom. The van der Waals surface area contributed by atoms with Crippen molar-refractivity contribution in [3.05, 3.63) is 64.9 Å². The molecule has 3 rings (SSSR count). The van der Waals surface area contributed by atoms with Crippen molar-refractivity contribution in [1.82, 2.24) is 15.3 Å². The zero-order valence-corrected chi connectivity index (χ0v) is 14.8. The fourth-order valence-electron chi connectivity index (χ4n) is 2.53. The lowest BCUT2D eigenvalue weighted by Crippen LogP contribution is -2.30. The zero-order chi connectivity index (χ0) is 16.9. The van der Waals surface area contributed by atoms with Crippen molar-refractivity contribution in [2.75, 3.05) is 12.0 Å². The summed E-state index contributed by atoms with van der Waals surface area (Å²) in [5.41, 5.74) is 2.34. The first-order valence-electron chi connectivity index (χ1n) is 7.68. The highest BCUT2D eigenvalue weighted by Gasteiger charge is 2.20. The third-order valence-corrected chi connectivity index (χ3v) is 4.75. The number of imidazole rings is 1. The zero-order valence-electron chi connectivity index (χ0n) is 13.3. The lowest BCUT2D eigenvalue weighted by molar-refractivity contribution is 0.0934. The van der Waals surface area contributed by atoms with Gasteiger partial charge in [0.1, 0.15) is 5.82 Å². The highest BCUT2D eigenvalue weighted by Crippen LogP contribution is 2.22. The molecule has 4 nitrogen and oxygen atoms in total. The Kier molecular flexibility index (Phi) is 5.43. The molecule has 0 fully saturated rings. The van der Waals surface area contributed by atoms with Gasteiger partial charge in [-0.2, -0.15) is 11.8 Å². The van der Waals surface area contributed by atoms with E-state index >= 15 is 0 Å². The van der Waals surface area contributed by atoms with Gasteiger partial charge in [0.05, 0.1) is 27.7 Å². The van der Waals surface area contributed by atoms with E-state index in [1.54, 1.807) is 30.0 Å². The van der Waals surface area contributed by atoms with E-state index in [0.29, 0.717) is 10.6 Å². The lowest BCUT2D eigenvalue weighted by atomic mass is 10.1. The first-order chi connectivity index (χ1) is 11.7. The van der Waals surface area contributed by atoms with E-state index in [4.69, 9.17) is 11.6 Å². The summed E-state index contributed by atoms with van der Waals surface area (Å²) in [6.45, 7) is 0. The van der Waals surface area contributed by atoms with E-state index in [0.717, 1.165) is 29.0 Å². The molecule has 0 spiro atoms. The Hall–Kier alpha value is -1.98. The van der Waals surface area contributed by atoms with Crippen molar-refractivity contribution < 1.29 is 4.79 Å². The number of benzene rings is 2. The highest BCUT2D eigenvalue weighted by atomic mass is 35.5. The highest BCUT2D eigenvalue weighted by molar-refractivity contribution is 7.98. The molecule has 0 saturated carbocycles. The number of aromatic amines is 1. The van der Waals surface area contributed by atoms with Gasteiger partial charge >= 0.3 is 0 Å². The van der Waals surface area contributed by atoms with Crippen molar-refractivity contribution in [2.24, 2.45) is 0 Å². The number of para-hydroxylation sites is 2. The van der Waals surface area contributed by atoms with E-state index in [1.807, 2.05) is 36.6 Å². The van der Waals surface area contributed by atoms with Crippen LogP contribution >= 0.6 is 23.4 Å². The molecule has 124 valence electrons. The molecule has 0 aliphatic rings. The van der Waals surface area contributed by atoms with Gasteiger partial charge in [0.15, 0.2) is 0 Å². The molecule has 0 bridgehead atoms. The smallest absolute Gasteiger partial charge is 0.253 e. The average molecular weight is 360 g/mol. The molecule has 1 heterocycles. The Morgan fingerprint density at radius 1 is 1.25 bits per heavy atom. The van der Waals surface area contributed by atoms with Crippen LogP contribution in [0.25, 0.3) is 11.0 Å². The van der Waals surface area contributed by atoms with Crippen molar-refractivity contribution in [1.29, 1.82) is 0 Å². The molecule has 1 aromatic heterocycles. The van der Waals surface area contributed by atoms with Gasteiger partial charge in [0, 0.05) is 0 Å². The molecule has 0 aliphatic carbocycles. The number of nitrogens with one attached hydrogen (secondary N) is 2. The van der Waals surface area contributed by atoms with Gasteiger partial charge in [-0.15, -0.1) is 0 Å². The molecule has 1 atom stereocenters. The average Bonchev–Trinajstić information content (AvgIpc) is 3.02. The number of thioether (sulfide) groups is 1. The lowest BCUT2D eigenvalue weighted by Gasteiger charge is -2.16. The van der Waals surface area contributed by atoms with Gasteiger partial charge < -0.3 is 10.3 Å². The molecular formula is C18H18ClN3OS. The van der Waals surface area contributed by atoms with E-state index in [1.165, 1.54) is 0 Å². The van der Waals surface area contributed by atoms with Crippen molar-refractivity contribution in [3.8, 4) is 0 Å². The minimum Gasteiger partial charge on any atom is -0.342 e. The van der Waals surface area contributed by atoms with Gasteiger partial charge in [0.2, 0.25) is 0 Å². The normalized spacial score (nSPS) is 12.2. The summed E-state index contributed by atoms with van der Waals surface area (Å²) in [6.07, 6.45) is 2.84. The third kappa shape index (κ3) is 3.74. The maximum absolute atomic E-state index is 12.6. The summed E-state index contributed by atoms with van der Waals surface area (Å²) >= 11 is 7.87. The van der Waals surface area contributed by atoms with Crippen LogP contribution in [0.2, 0.25) is 5.02 Å². The van der Waals surface area contributed by atoms with E-state index in [-0.39, 0.29) is 11.9 Å². The molecule has 0 saturated heterocycles. The summed E-state index contributed by atoms with van der Waals surface area (Å²) < 4.78 is 0. The number of hydrogen-bond acceptors (Lipinski definition) is 3. The Bertz CT molecular complexity index is 816. The van der Waals surface area contributed by atoms with E-state index < -0.39 is 0 Å². The molecule has 3 aromatic rings. The SMILES string of the molecule is CSCCC(NC(=O)c1ccccc1Cl)c1nc2ccccc2[nH]1. The first kappa shape index (κ1) is 16.9. The number of aromatic nitrogens is 2. The second-order valence-corrected chi connectivity index (χ2v) is 6.82. The van der Waals surface area contributed by atoms with Crippen LogP contribution in [0.1, 0.15) is 28.6 Å². The fraction of sp³-hybridized carbons (Fsp3) is 0.222. The minimum atomic E-state index is -0.188. The van der Waals surface area contributed by atoms with Crippen LogP contribution in [-0.4, -0.2) is 27.9 Å². The number of H-pyrrole nitrogens is 1. The summed E-state index contributed by atoms with van der Waals surface area (Å²) in [4.78, 5) is 20.5. The monoisotopic (exact) mass is 359 g/mol. The quantitative estimate of drug-likeness (QED) is 0.684. The standard InChI is InChI=1S/C18H18ClN3OS/c1-24-11-10-16(17-20-14-8-4-5-9-15(14)21-17)22-18(23)12-6-2-3-7-13(12)19/h2-9,16H,10-11H2,1H3,(H,20,21)(H,22,23). The molecule has 2 aromatic carbocycles. The Morgan fingerprint density at radius 3 is 2.75 bits per heavy atom. The third-order valence-electron chi connectivity index (χ3n) is 3.77. The summed E-state index contributed by atoms with van der Waals surface area (Å²) in [5.74, 6) is 1.50. The first-order valence-corrected chi connectivity index (χ1v) is 9.45. The summed E-state index contributed by atoms with van der Waals surface area (Å²) in [6, 6.07) is 14.7. The number of amides is 1. The second kappa shape index (κ2) is 7.73. The molecule has 6 heteroatoms. The number of carbonyl (C=O) groups is 1. The van der Waals surface area contributed by atoms with Gasteiger partial charge in [-0.25, -0.2) is 4.98 Å². The molecule has 0 radical (unpaired) electrons. The van der Waals surface area contributed by atoms with Crippen LogP contribution in [0.15, 0.2) is 48.5 Å². The number of rotatable bonds is 6. The van der Waals surface area contributed by atoms with Gasteiger partial charge in [0.25, 0.3) is 5.91 Å². The predicted molar refractivity (Wildman–Crippen MR) is 101 cm³/mol. The van der Waals surface area contributed by atoms with Crippen molar-refractivity contribution in [3.63, 3.8) is 0 Å². The molecule has 24 heavy (non-hydrogen) atoms. The Labute approximate surface area is 150 Å². The van der Waals surface area contributed by atoms with Crippen LogP contribution < -0.4 is 5.32 Å². The van der Waals surface area contributed by atoms with Gasteiger partial charge in [-0.3, -0.25) is 4.79 Å². The number of halogens is 1. The molecular weight excluding hydrogens is 342 g/mol. The van der Waals surface area contributed by atoms with Crippen LogP contribution in [0, 0.1) is 0 Å².